The highest BCUT2D eigenvalue weighted by Crippen LogP contribution is 2.18. The van der Waals surface area contributed by atoms with Crippen LogP contribution in [0.25, 0.3) is 0 Å². The third-order valence-electron chi connectivity index (χ3n) is 4.05. The van der Waals surface area contributed by atoms with E-state index < -0.39 is 5.60 Å². The maximum atomic E-state index is 13.1. The zero-order valence-electron chi connectivity index (χ0n) is 14.8. The summed E-state index contributed by atoms with van der Waals surface area (Å²) < 4.78 is 14.7. The molecule has 1 aromatic carbocycles. The largest absolute Gasteiger partial charge is 0.383 e. The van der Waals surface area contributed by atoms with E-state index in [9.17, 15) is 14.3 Å². The predicted octanol–water partition coefficient (Wildman–Crippen LogP) is 2.09. The number of halogens is 1. The van der Waals surface area contributed by atoms with Crippen molar-refractivity contribution >= 4 is 6.03 Å². The first kappa shape index (κ1) is 18.9. The number of carbonyl (C=O) groups is 1. The smallest absolute Gasteiger partial charge is 0.315 e. The first-order valence-corrected chi connectivity index (χ1v) is 8.26. The van der Waals surface area contributed by atoms with Gasteiger partial charge in [0.1, 0.15) is 11.4 Å². The van der Waals surface area contributed by atoms with Gasteiger partial charge in [-0.15, -0.1) is 0 Å². The van der Waals surface area contributed by atoms with Gasteiger partial charge in [0.2, 0.25) is 0 Å². The summed E-state index contributed by atoms with van der Waals surface area (Å²) in [6.45, 7) is 3.58. The molecular formula is C18H25FN4O2. The lowest BCUT2D eigenvalue weighted by Crippen LogP contribution is -2.46. The van der Waals surface area contributed by atoms with E-state index in [2.05, 4.69) is 15.7 Å². The number of hydrogen-bond acceptors (Lipinski definition) is 3. The van der Waals surface area contributed by atoms with Crippen molar-refractivity contribution in [3.63, 3.8) is 0 Å². The molecule has 2 aromatic rings. The number of hydrogen-bond donors (Lipinski definition) is 3. The van der Waals surface area contributed by atoms with Crippen molar-refractivity contribution < 1.29 is 14.3 Å². The number of nitrogens with one attached hydrogen (secondary N) is 2. The fourth-order valence-electron chi connectivity index (χ4n) is 2.48. The van der Waals surface area contributed by atoms with Gasteiger partial charge in [0, 0.05) is 24.8 Å². The van der Waals surface area contributed by atoms with Crippen LogP contribution < -0.4 is 10.6 Å². The molecule has 0 aliphatic rings. The molecule has 1 heterocycles. The molecule has 0 bridgehead atoms. The molecule has 25 heavy (non-hydrogen) atoms. The molecule has 1 aromatic heterocycles. The third-order valence-corrected chi connectivity index (χ3v) is 4.05. The molecule has 0 saturated heterocycles. The lowest BCUT2D eigenvalue weighted by Gasteiger charge is -2.23. The minimum absolute atomic E-state index is 0.0706. The van der Waals surface area contributed by atoms with Gasteiger partial charge in [-0.1, -0.05) is 12.1 Å². The average molecular weight is 348 g/mol. The molecule has 2 atom stereocenters. The van der Waals surface area contributed by atoms with Gasteiger partial charge < -0.3 is 15.7 Å². The van der Waals surface area contributed by atoms with E-state index in [0.29, 0.717) is 18.4 Å². The second-order valence-electron chi connectivity index (χ2n) is 6.57. The number of benzene rings is 1. The Hall–Kier alpha value is -2.41. The van der Waals surface area contributed by atoms with Crippen molar-refractivity contribution in [2.75, 3.05) is 6.54 Å². The van der Waals surface area contributed by atoms with Gasteiger partial charge in [0.05, 0.1) is 12.7 Å². The molecule has 3 N–H and O–H groups in total. The van der Waals surface area contributed by atoms with Gasteiger partial charge >= 0.3 is 6.03 Å². The first-order valence-electron chi connectivity index (χ1n) is 8.26. The van der Waals surface area contributed by atoms with Crippen LogP contribution in [0.1, 0.15) is 31.4 Å². The second kappa shape index (κ2) is 8.11. The number of aliphatic hydroxyl groups is 1. The summed E-state index contributed by atoms with van der Waals surface area (Å²) in [5, 5.41) is 19.9. The maximum Gasteiger partial charge on any atom is 0.315 e. The Labute approximate surface area is 147 Å². The fourth-order valence-corrected chi connectivity index (χ4v) is 2.48. The predicted molar refractivity (Wildman–Crippen MR) is 93.5 cm³/mol. The van der Waals surface area contributed by atoms with Crippen LogP contribution in [0.2, 0.25) is 0 Å². The van der Waals surface area contributed by atoms with Crippen LogP contribution in [0.4, 0.5) is 9.18 Å². The highest BCUT2D eigenvalue weighted by atomic mass is 19.1. The topological polar surface area (TPSA) is 79.2 Å². The maximum absolute atomic E-state index is 13.1. The van der Waals surface area contributed by atoms with Gasteiger partial charge in [0.15, 0.2) is 0 Å². The highest BCUT2D eigenvalue weighted by Gasteiger charge is 2.25. The van der Waals surface area contributed by atoms with Gasteiger partial charge in [-0.2, -0.15) is 5.10 Å². The van der Waals surface area contributed by atoms with Crippen LogP contribution in [0, 0.1) is 5.82 Å². The summed E-state index contributed by atoms with van der Waals surface area (Å²) in [5.41, 5.74) is 0.333. The lowest BCUT2D eigenvalue weighted by atomic mass is 10.00. The third kappa shape index (κ3) is 5.86. The number of carbonyl (C=O) groups excluding carboxylic acids is 1. The summed E-state index contributed by atoms with van der Waals surface area (Å²) in [5.74, 6) is -0.256. The molecule has 0 fully saturated rings. The van der Waals surface area contributed by atoms with Crippen LogP contribution in [0.3, 0.4) is 0 Å². The fraction of sp³-hybridized carbons (Fsp3) is 0.444. The monoisotopic (exact) mass is 348 g/mol. The molecule has 6 nitrogen and oxygen atoms in total. The van der Waals surface area contributed by atoms with E-state index in [1.807, 2.05) is 13.0 Å². The lowest BCUT2D eigenvalue weighted by molar-refractivity contribution is 0.0592. The van der Waals surface area contributed by atoms with Crippen molar-refractivity contribution in [3.8, 4) is 0 Å². The Morgan fingerprint density at radius 1 is 1.48 bits per heavy atom. The van der Waals surface area contributed by atoms with Crippen LogP contribution in [0.15, 0.2) is 36.7 Å². The van der Waals surface area contributed by atoms with Crippen LogP contribution in [-0.4, -0.2) is 33.5 Å². The van der Waals surface area contributed by atoms with E-state index in [0.717, 1.165) is 5.56 Å². The normalized spacial score (nSPS) is 14.6. The molecule has 0 saturated carbocycles. The molecule has 2 rings (SSSR count). The van der Waals surface area contributed by atoms with Crippen LogP contribution in [0.5, 0.6) is 0 Å². The first-order chi connectivity index (χ1) is 11.8. The standard InChI is InChI=1S/C18H25FN4O2/c1-13(7-8-14-5-4-6-16(19)9-14)22-17(24)20-12-18(2,25)15-10-21-23(3)11-15/h4-6,9-11,13,25H,7-8,12H2,1-3H3,(H2,20,22,24)/t13-,18+/m0/s1. The summed E-state index contributed by atoms with van der Waals surface area (Å²) in [6, 6.07) is 6.02. The molecule has 0 unspecified atom stereocenters. The van der Waals surface area contributed by atoms with E-state index in [4.69, 9.17) is 0 Å². The summed E-state index contributed by atoms with van der Waals surface area (Å²) in [7, 11) is 1.76. The summed E-state index contributed by atoms with van der Waals surface area (Å²) in [6.07, 6.45) is 4.64. The summed E-state index contributed by atoms with van der Waals surface area (Å²) in [4.78, 5) is 12.0. The van der Waals surface area contributed by atoms with E-state index in [1.165, 1.54) is 12.1 Å². The number of amides is 2. The quantitative estimate of drug-likeness (QED) is 0.717. The van der Waals surface area contributed by atoms with E-state index in [-0.39, 0.29) is 24.4 Å². The Bertz CT molecular complexity index is 715. The zero-order chi connectivity index (χ0) is 18.4. The molecule has 0 spiro atoms. The minimum Gasteiger partial charge on any atom is -0.383 e. The van der Waals surface area contributed by atoms with Crippen molar-refractivity contribution in [1.82, 2.24) is 20.4 Å². The molecule has 2 amide bonds. The molecule has 136 valence electrons. The van der Waals surface area contributed by atoms with Gasteiger partial charge in [-0.3, -0.25) is 4.68 Å². The summed E-state index contributed by atoms with van der Waals surface area (Å²) >= 11 is 0. The zero-order valence-corrected chi connectivity index (χ0v) is 14.8. The Kier molecular flexibility index (Phi) is 6.14. The van der Waals surface area contributed by atoms with E-state index >= 15 is 0 Å². The van der Waals surface area contributed by atoms with Crippen molar-refractivity contribution in [3.05, 3.63) is 53.6 Å². The highest BCUT2D eigenvalue weighted by molar-refractivity contribution is 5.74. The molecule has 7 heteroatoms. The average Bonchev–Trinajstić information content (AvgIpc) is 2.99. The number of aryl methyl sites for hydroxylation is 2. The second-order valence-corrected chi connectivity index (χ2v) is 6.57. The van der Waals surface area contributed by atoms with Crippen LogP contribution in [-0.2, 0) is 19.1 Å². The molecule has 0 aliphatic carbocycles. The minimum atomic E-state index is -1.20. The number of aromatic nitrogens is 2. The Morgan fingerprint density at radius 2 is 2.24 bits per heavy atom. The van der Waals surface area contributed by atoms with Gasteiger partial charge in [-0.05, 0) is 44.4 Å². The Morgan fingerprint density at radius 3 is 2.88 bits per heavy atom. The molecule has 0 aliphatic heterocycles. The van der Waals surface area contributed by atoms with Gasteiger partial charge in [0.25, 0.3) is 0 Å². The van der Waals surface area contributed by atoms with Crippen molar-refractivity contribution in [2.24, 2.45) is 7.05 Å². The van der Waals surface area contributed by atoms with Crippen LogP contribution >= 0.6 is 0 Å². The molecular weight excluding hydrogens is 323 g/mol. The number of rotatable bonds is 7. The number of urea groups is 1. The van der Waals surface area contributed by atoms with Crippen molar-refractivity contribution in [2.45, 2.75) is 38.3 Å². The van der Waals surface area contributed by atoms with Crippen molar-refractivity contribution in [1.29, 1.82) is 0 Å². The SMILES string of the molecule is C[C@@H](CCc1cccc(F)c1)NC(=O)NC[C@@](C)(O)c1cnn(C)c1. The van der Waals surface area contributed by atoms with E-state index in [1.54, 1.807) is 37.1 Å². The Balaban J connectivity index is 1.75. The molecule has 0 radical (unpaired) electrons. The number of nitrogens with zero attached hydrogens (tertiary/aromatic N) is 2. The van der Waals surface area contributed by atoms with Gasteiger partial charge in [-0.25, -0.2) is 9.18 Å².